The lowest BCUT2D eigenvalue weighted by atomic mass is 10.0. The van der Waals surface area contributed by atoms with Crippen molar-refractivity contribution in [1.29, 1.82) is 0 Å². The molecule has 2 aromatic heterocycles. The second-order valence-electron chi connectivity index (χ2n) is 5.77. The molecule has 0 saturated heterocycles. The Morgan fingerprint density at radius 1 is 1.22 bits per heavy atom. The lowest BCUT2D eigenvalue weighted by molar-refractivity contribution is 0.694. The molecule has 0 fully saturated rings. The van der Waals surface area contributed by atoms with Crippen molar-refractivity contribution >= 4 is 32.5 Å². The van der Waals surface area contributed by atoms with Crippen LogP contribution in [-0.4, -0.2) is 21.5 Å². The Kier molecular flexibility index (Phi) is 3.73. The Hall–Kier alpha value is -2.01. The lowest BCUT2D eigenvalue weighted by Crippen LogP contribution is -2.31. The molecule has 3 aromatic rings. The van der Waals surface area contributed by atoms with Crippen LogP contribution < -0.4 is 4.90 Å². The zero-order valence-corrected chi connectivity index (χ0v) is 14.5. The fourth-order valence-corrected chi connectivity index (χ4v) is 3.46. The predicted molar refractivity (Wildman–Crippen MR) is 95.6 cm³/mol. The molecular formula is C18H17BrN4. The first-order valence-electron chi connectivity index (χ1n) is 7.87. The van der Waals surface area contributed by atoms with Gasteiger partial charge in [0.15, 0.2) is 0 Å². The number of benzene rings is 1. The normalized spacial score (nSPS) is 14.1. The molecule has 1 aromatic carbocycles. The number of pyridine rings is 1. The average Bonchev–Trinajstić information content (AvgIpc) is 2.60. The molecule has 116 valence electrons. The first-order chi connectivity index (χ1) is 11.2. The Bertz CT molecular complexity index is 878. The molecule has 0 aliphatic carbocycles. The molecule has 0 unspecified atom stereocenters. The monoisotopic (exact) mass is 368 g/mol. The summed E-state index contributed by atoms with van der Waals surface area (Å²) in [5.74, 6) is 0.924. The Labute approximate surface area is 143 Å². The van der Waals surface area contributed by atoms with E-state index in [9.17, 15) is 0 Å². The molecule has 0 radical (unpaired) electrons. The van der Waals surface area contributed by atoms with Gasteiger partial charge in [-0.25, -0.2) is 9.97 Å². The minimum Gasteiger partial charge on any atom is -0.365 e. The second kappa shape index (κ2) is 5.89. The van der Waals surface area contributed by atoms with Crippen molar-refractivity contribution in [3.05, 3.63) is 58.2 Å². The van der Waals surface area contributed by atoms with Crippen LogP contribution in [0.2, 0.25) is 0 Å². The summed E-state index contributed by atoms with van der Waals surface area (Å²) in [4.78, 5) is 16.0. The minimum absolute atomic E-state index is 0.830. The summed E-state index contributed by atoms with van der Waals surface area (Å²) in [6.45, 7) is 3.90. The van der Waals surface area contributed by atoms with Gasteiger partial charge >= 0.3 is 0 Å². The van der Waals surface area contributed by atoms with Crippen molar-refractivity contribution in [2.45, 2.75) is 26.3 Å². The molecule has 0 atom stereocenters. The second-order valence-corrected chi connectivity index (χ2v) is 6.69. The molecule has 3 heterocycles. The van der Waals surface area contributed by atoms with Crippen LogP contribution in [0.25, 0.3) is 10.9 Å². The molecule has 0 N–H and O–H groups in total. The fourth-order valence-electron chi connectivity index (χ4n) is 3.10. The van der Waals surface area contributed by atoms with E-state index in [1.165, 1.54) is 16.6 Å². The summed E-state index contributed by atoms with van der Waals surface area (Å²) >= 11 is 3.57. The zero-order chi connectivity index (χ0) is 15.8. The summed E-state index contributed by atoms with van der Waals surface area (Å²) in [5, 5.41) is 1.18. The summed E-state index contributed by atoms with van der Waals surface area (Å²) in [5.41, 5.74) is 4.67. The van der Waals surface area contributed by atoms with Gasteiger partial charge in [0.2, 0.25) is 0 Å². The van der Waals surface area contributed by atoms with Crippen LogP contribution in [0.5, 0.6) is 0 Å². The first kappa shape index (κ1) is 14.6. The molecule has 0 bridgehead atoms. The van der Waals surface area contributed by atoms with Gasteiger partial charge in [-0.1, -0.05) is 22.9 Å². The van der Waals surface area contributed by atoms with E-state index in [1.54, 1.807) is 0 Å². The molecule has 1 aliphatic rings. The number of fused-ring (bicyclic) bond motifs is 2. The van der Waals surface area contributed by atoms with E-state index in [4.69, 9.17) is 4.98 Å². The summed E-state index contributed by atoms with van der Waals surface area (Å²) in [6, 6.07) is 8.33. The molecule has 4 nitrogen and oxygen atoms in total. The van der Waals surface area contributed by atoms with Gasteiger partial charge in [0.25, 0.3) is 0 Å². The molecule has 0 spiro atoms. The largest absolute Gasteiger partial charge is 0.365 e. The van der Waals surface area contributed by atoms with Crippen LogP contribution in [0.3, 0.4) is 0 Å². The third-order valence-electron chi connectivity index (χ3n) is 4.33. The fraction of sp³-hybridized carbons (Fsp3) is 0.278. The van der Waals surface area contributed by atoms with Crippen molar-refractivity contribution in [2.75, 3.05) is 11.4 Å². The number of hydrogen-bond donors (Lipinski definition) is 0. The number of halogens is 1. The quantitative estimate of drug-likeness (QED) is 0.687. The van der Waals surface area contributed by atoms with Crippen LogP contribution in [0.4, 0.5) is 5.69 Å². The molecule has 0 amide bonds. The third kappa shape index (κ3) is 2.70. The maximum Gasteiger partial charge on any atom is 0.128 e. The number of hydrogen-bond acceptors (Lipinski definition) is 4. The first-order valence-corrected chi connectivity index (χ1v) is 8.67. The highest BCUT2D eigenvalue weighted by molar-refractivity contribution is 9.10. The summed E-state index contributed by atoms with van der Waals surface area (Å²) in [6.07, 6.45) is 5.74. The van der Waals surface area contributed by atoms with Gasteiger partial charge in [-0.3, -0.25) is 4.98 Å². The Morgan fingerprint density at radius 2 is 2.13 bits per heavy atom. The maximum atomic E-state index is 4.73. The van der Waals surface area contributed by atoms with Gasteiger partial charge in [-0.15, -0.1) is 0 Å². The van der Waals surface area contributed by atoms with Crippen LogP contribution in [0, 0.1) is 0 Å². The van der Waals surface area contributed by atoms with Crippen LogP contribution in [-0.2, 0) is 19.4 Å². The summed E-state index contributed by atoms with van der Waals surface area (Å²) in [7, 11) is 0. The van der Waals surface area contributed by atoms with Gasteiger partial charge < -0.3 is 4.90 Å². The van der Waals surface area contributed by atoms with E-state index in [0.29, 0.717) is 0 Å². The summed E-state index contributed by atoms with van der Waals surface area (Å²) < 4.78 is 1.08. The number of nitrogens with zero attached hydrogens (tertiary/aromatic N) is 4. The predicted octanol–water partition coefficient (Wildman–Crippen LogP) is 3.91. The Morgan fingerprint density at radius 3 is 3.00 bits per heavy atom. The number of rotatable bonds is 2. The highest BCUT2D eigenvalue weighted by Crippen LogP contribution is 2.31. The SMILES string of the molecule is CCc1ncc2c(n1)CN(c1ccnc3ccc(Br)cc13)CC2. The number of aromatic nitrogens is 3. The van der Waals surface area contributed by atoms with Crippen LogP contribution in [0.1, 0.15) is 24.0 Å². The van der Waals surface area contributed by atoms with Crippen molar-refractivity contribution in [1.82, 2.24) is 15.0 Å². The van der Waals surface area contributed by atoms with E-state index >= 15 is 0 Å². The van der Waals surface area contributed by atoms with E-state index in [-0.39, 0.29) is 0 Å². The highest BCUT2D eigenvalue weighted by atomic mass is 79.9. The van der Waals surface area contributed by atoms with Crippen LogP contribution in [0.15, 0.2) is 41.1 Å². The van der Waals surface area contributed by atoms with E-state index < -0.39 is 0 Å². The third-order valence-corrected chi connectivity index (χ3v) is 4.83. The van der Waals surface area contributed by atoms with E-state index in [0.717, 1.165) is 47.4 Å². The average molecular weight is 369 g/mol. The zero-order valence-electron chi connectivity index (χ0n) is 13.0. The van der Waals surface area contributed by atoms with Gasteiger partial charge in [0, 0.05) is 40.9 Å². The number of anilines is 1. The maximum absolute atomic E-state index is 4.73. The standard InChI is InChI=1S/C18H17BrN4/c1-2-18-21-10-12-6-8-23(11-16(12)22-18)17-5-7-20-15-4-3-13(19)9-14(15)17/h3-5,7,9-10H,2,6,8,11H2,1H3. The van der Waals surface area contributed by atoms with Crippen LogP contribution >= 0.6 is 15.9 Å². The van der Waals surface area contributed by atoms with Gasteiger partial charge in [0.1, 0.15) is 5.82 Å². The van der Waals surface area contributed by atoms with E-state index in [2.05, 4.69) is 55.9 Å². The topological polar surface area (TPSA) is 41.9 Å². The van der Waals surface area contributed by atoms with Crippen molar-refractivity contribution in [2.24, 2.45) is 0 Å². The van der Waals surface area contributed by atoms with Gasteiger partial charge in [-0.2, -0.15) is 0 Å². The lowest BCUT2D eigenvalue weighted by Gasteiger charge is -2.30. The van der Waals surface area contributed by atoms with Crippen molar-refractivity contribution < 1.29 is 0 Å². The molecular weight excluding hydrogens is 352 g/mol. The van der Waals surface area contributed by atoms with E-state index in [1.807, 2.05) is 18.5 Å². The molecule has 0 saturated carbocycles. The van der Waals surface area contributed by atoms with Gasteiger partial charge in [-0.05, 0) is 36.2 Å². The smallest absolute Gasteiger partial charge is 0.128 e. The Balaban J connectivity index is 1.76. The molecule has 23 heavy (non-hydrogen) atoms. The van der Waals surface area contributed by atoms with Crippen molar-refractivity contribution in [3.63, 3.8) is 0 Å². The van der Waals surface area contributed by atoms with Crippen molar-refractivity contribution in [3.8, 4) is 0 Å². The number of aryl methyl sites for hydroxylation is 1. The molecule has 4 rings (SSSR count). The molecule has 5 heteroatoms. The molecule has 1 aliphatic heterocycles. The highest BCUT2D eigenvalue weighted by Gasteiger charge is 2.20. The minimum atomic E-state index is 0.830. The van der Waals surface area contributed by atoms with Gasteiger partial charge in [0.05, 0.1) is 17.8 Å².